The van der Waals surface area contributed by atoms with Gasteiger partial charge in [-0.2, -0.15) is 0 Å². The molecule has 2 aliphatic rings. The van der Waals surface area contributed by atoms with Crippen molar-refractivity contribution in [3.8, 4) is 28.4 Å². The molecular weight excluding hydrogens is 432 g/mol. The van der Waals surface area contributed by atoms with Gasteiger partial charge in [0.2, 0.25) is 17.1 Å². The second kappa shape index (κ2) is 9.95. The number of methoxy groups -OCH3 is 3. The van der Waals surface area contributed by atoms with E-state index in [0.717, 1.165) is 41.6 Å². The number of nitrogens with one attached hydrogen (secondary N) is 1. The van der Waals surface area contributed by atoms with Crippen LogP contribution in [0.1, 0.15) is 56.7 Å². The number of anilines is 1. The van der Waals surface area contributed by atoms with Crippen molar-refractivity contribution in [3.63, 3.8) is 0 Å². The van der Waals surface area contributed by atoms with Gasteiger partial charge in [0.25, 0.3) is 0 Å². The zero-order valence-electron chi connectivity index (χ0n) is 20.7. The van der Waals surface area contributed by atoms with E-state index in [1.807, 2.05) is 18.2 Å². The molecular formula is C27H34N2O5. The third-order valence-electron chi connectivity index (χ3n) is 7.01. The summed E-state index contributed by atoms with van der Waals surface area (Å²) in [6.45, 7) is 4.55. The maximum Gasteiger partial charge on any atom is 0.217 e. The Morgan fingerprint density at radius 3 is 2.44 bits per heavy atom. The summed E-state index contributed by atoms with van der Waals surface area (Å²) >= 11 is 0. The molecule has 0 saturated carbocycles. The number of hydrogen-bond acceptors (Lipinski definition) is 6. The maximum absolute atomic E-state index is 13.5. The Bertz CT molecular complexity index is 1150. The average Bonchev–Trinajstić information content (AvgIpc) is 3.07. The van der Waals surface area contributed by atoms with Crippen molar-refractivity contribution in [2.45, 2.75) is 58.0 Å². The minimum Gasteiger partial charge on any atom is -0.493 e. The number of hydrogen-bond donors (Lipinski definition) is 1. The second-order valence-corrected chi connectivity index (χ2v) is 9.11. The molecule has 1 aliphatic carbocycles. The van der Waals surface area contributed by atoms with Crippen molar-refractivity contribution >= 4 is 11.6 Å². The highest BCUT2D eigenvalue weighted by Gasteiger charge is 2.30. The van der Waals surface area contributed by atoms with Crippen LogP contribution in [0.4, 0.5) is 5.69 Å². The van der Waals surface area contributed by atoms with Crippen LogP contribution in [0, 0.1) is 0 Å². The molecule has 0 bridgehead atoms. The van der Waals surface area contributed by atoms with Crippen molar-refractivity contribution in [1.29, 1.82) is 0 Å². The normalized spacial score (nSPS) is 19.4. The predicted octanol–water partition coefficient (Wildman–Crippen LogP) is 4.24. The first kappa shape index (κ1) is 23.9. The van der Waals surface area contributed by atoms with Gasteiger partial charge in [0.1, 0.15) is 0 Å². The lowest BCUT2D eigenvalue weighted by molar-refractivity contribution is -0.119. The molecule has 34 heavy (non-hydrogen) atoms. The maximum atomic E-state index is 13.5. The van der Waals surface area contributed by atoms with Crippen molar-refractivity contribution in [3.05, 3.63) is 45.6 Å². The minimum absolute atomic E-state index is 0.0340. The molecule has 1 heterocycles. The van der Waals surface area contributed by atoms with Gasteiger partial charge in [-0.05, 0) is 73.9 Å². The van der Waals surface area contributed by atoms with E-state index in [0.29, 0.717) is 41.8 Å². The topological polar surface area (TPSA) is 77.1 Å². The number of carbonyl (C=O) groups excluding carboxylic acids is 1. The van der Waals surface area contributed by atoms with Crippen LogP contribution in [0.15, 0.2) is 29.1 Å². The molecule has 4 rings (SSSR count). The Hall–Kier alpha value is -3.22. The standard InChI is InChI=1S/C27H34N2O5/c1-16-8-6-7-13-29(16)22-12-10-19-20(15-23(22)31)21(28-17(2)30)11-9-18-14-24(32-3)26(33-4)27(34-5)25(18)19/h10,12,14-16,21H,6-9,11,13H2,1-5H3,(H,28,30). The van der Waals surface area contributed by atoms with Crippen LogP contribution in [0.5, 0.6) is 17.2 Å². The SMILES string of the molecule is COc1cc2c(c(OC)c1OC)-c1ccc(N3CCCCC3C)c(=O)cc1C(NC(C)=O)CC2. The molecule has 1 amide bonds. The predicted molar refractivity (Wildman–Crippen MR) is 133 cm³/mol. The van der Waals surface area contributed by atoms with Crippen LogP contribution < -0.4 is 29.9 Å². The summed E-state index contributed by atoms with van der Waals surface area (Å²) in [7, 11) is 4.79. The zero-order valence-corrected chi connectivity index (χ0v) is 20.7. The Morgan fingerprint density at radius 2 is 1.79 bits per heavy atom. The number of piperidine rings is 1. The summed E-state index contributed by atoms with van der Waals surface area (Å²) in [5.74, 6) is 1.53. The fourth-order valence-corrected chi connectivity index (χ4v) is 5.39. The third kappa shape index (κ3) is 4.31. The van der Waals surface area contributed by atoms with E-state index in [2.05, 4.69) is 17.1 Å². The van der Waals surface area contributed by atoms with Gasteiger partial charge in [0.05, 0.1) is 33.1 Å². The monoisotopic (exact) mass is 466 g/mol. The number of amides is 1. The highest BCUT2D eigenvalue weighted by molar-refractivity contribution is 5.83. The van der Waals surface area contributed by atoms with Crippen LogP contribution in [-0.4, -0.2) is 39.8 Å². The lowest BCUT2D eigenvalue weighted by Crippen LogP contribution is -2.39. The summed E-state index contributed by atoms with van der Waals surface area (Å²) in [6.07, 6.45) is 4.65. The lowest BCUT2D eigenvalue weighted by Gasteiger charge is -2.34. The number of fused-ring (bicyclic) bond motifs is 3. The number of rotatable bonds is 5. The molecule has 1 fully saturated rings. The summed E-state index contributed by atoms with van der Waals surface area (Å²) in [5.41, 5.74) is 4.21. The van der Waals surface area contributed by atoms with Crippen molar-refractivity contribution in [2.75, 3.05) is 32.8 Å². The fraction of sp³-hybridized carbons (Fsp3) is 0.481. The van der Waals surface area contributed by atoms with Crippen molar-refractivity contribution in [2.24, 2.45) is 0 Å². The van der Waals surface area contributed by atoms with Gasteiger partial charge in [-0.3, -0.25) is 9.59 Å². The van der Waals surface area contributed by atoms with Crippen LogP contribution in [0.3, 0.4) is 0 Å². The van der Waals surface area contributed by atoms with E-state index in [1.165, 1.54) is 13.3 Å². The Morgan fingerprint density at radius 1 is 1.03 bits per heavy atom. The summed E-state index contributed by atoms with van der Waals surface area (Å²) < 4.78 is 17.1. The van der Waals surface area contributed by atoms with E-state index < -0.39 is 0 Å². The molecule has 2 atom stereocenters. The molecule has 182 valence electrons. The average molecular weight is 467 g/mol. The highest BCUT2D eigenvalue weighted by atomic mass is 16.5. The van der Waals surface area contributed by atoms with Gasteiger partial charge in [0, 0.05) is 25.1 Å². The summed E-state index contributed by atoms with van der Waals surface area (Å²) in [5, 5.41) is 3.06. The molecule has 0 spiro atoms. The van der Waals surface area contributed by atoms with Gasteiger partial charge in [0.15, 0.2) is 11.5 Å². The first-order chi connectivity index (χ1) is 16.4. The first-order valence-corrected chi connectivity index (χ1v) is 11.9. The van der Waals surface area contributed by atoms with Gasteiger partial charge in [-0.15, -0.1) is 0 Å². The first-order valence-electron chi connectivity index (χ1n) is 11.9. The van der Waals surface area contributed by atoms with E-state index in [4.69, 9.17) is 14.2 Å². The van der Waals surface area contributed by atoms with Gasteiger partial charge in [-0.25, -0.2) is 0 Å². The largest absolute Gasteiger partial charge is 0.493 e. The Kier molecular flexibility index (Phi) is 7.00. The van der Waals surface area contributed by atoms with Crippen LogP contribution in [-0.2, 0) is 11.2 Å². The van der Waals surface area contributed by atoms with E-state index in [9.17, 15) is 9.59 Å². The van der Waals surface area contributed by atoms with Gasteiger partial charge in [-0.1, -0.05) is 6.07 Å². The smallest absolute Gasteiger partial charge is 0.217 e. The number of benzene rings is 1. The van der Waals surface area contributed by atoms with Crippen molar-refractivity contribution < 1.29 is 19.0 Å². The molecule has 7 heteroatoms. The van der Waals surface area contributed by atoms with E-state index in [-0.39, 0.29) is 17.4 Å². The van der Waals surface area contributed by atoms with Crippen molar-refractivity contribution in [1.82, 2.24) is 5.32 Å². The quantitative estimate of drug-likeness (QED) is 0.710. The molecule has 2 aromatic carbocycles. The van der Waals surface area contributed by atoms with Gasteiger partial charge >= 0.3 is 0 Å². The fourth-order valence-electron chi connectivity index (χ4n) is 5.39. The molecule has 2 unspecified atom stereocenters. The molecule has 2 aromatic rings. The molecule has 1 N–H and O–H groups in total. The molecule has 1 saturated heterocycles. The van der Waals surface area contributed by atoms with Gasteiger partial charge < -0.3 is 24.4 Å². The molecule has 1 aliphatic heterocycles. The van der Waals surface area contributed by atoms with Crippen LogP contribution in [0.2, 0.25) is 0 Å². The number of carbonyl (C=O) groups is 1. The van der Waals surface area contributed by atoms with Crippen LogP contribution >= 0.6 is 0 Å². The number of ether oxygens (including phenoxy) is 3. The lowest BCUT2D eigenvalue weighted by atomic mass is 9.95. The zero-order chi connectivity index (χ0) is 24.4. The van der Waals surface area contributed by atoms with E-state index >= 15 is 0 Å². The molecule has 7 nitrogen and oxygen atoms in total. The Labute approximate surface area is 201 Å². The third-order valence-corrected chi connectivity index (χ3v) is 7.01. The van der Waals surface area contributed by atoms with Crippen LogP contribution in [0.25, 0.3) is 11.1 Å². The Balaban J connectivity index is 2.01. The van der Waals surface area contributed by atoms with E-state index in [1.54, 1.807) is 27.4 Å². The highest BCUT2D eigenvalue weighted by Crippen LogP contribution is 2.50. The molecule has 0 radical (unpaired) electrons. The second-order valence-electron chi connectivity index (χ2n) is 9.11. The minimum atomic E-state index is -0.298. The number of aryl methyl sites for hydroxylation is 1. The molecule has 0 aromatic heterocycles. The summed E-state index contributed by atoms with van der Waals surface area (Å²) in [4.78, 5) is 27.8. The summed E-state index contributed by atoms with van der Waals surface area (Å²) in [6, 6.07) is 7.61. The number of nitrogens with zero attached hydrogens (tertiary/aromatic N) is 1.